The lowest BCUT2D eigenvalue weighted by Crippen LogP contribution is -2.12. The van der Waals surface area contributed by atoms with E-state index in [2.05, 4.69) is 10.1 Å². The largest absolute Gasteiger partial charge is 0.389 e. The summed E-state index contributed by atoms with van der Waals surface area (Å²) in [5, 5.41) is 6.48. The average molecular weight is 354 g/mol. The highest BCUT2D eigenvalue weighted by Crippen LogP contribution is 2.28. The first-order valence-electron chi connectivity index (χ1n) is 7.13. The number of thiophene rings is 1. The average Bonchev–Trinajstić information content (AvgIpc) is 3.23. The van der Waals surface area contributed by atoms with Crippen LogP contribution in [0.2, 0.25) is 0 Å². The fourth-order valence-corrected chi connectivity index (χ4v) is 3.42. The van der Waals surface area contributed by atoms with Gasteiger partial charge in [-0.3, -0.25) is 0 Å². The van der Waals surface area contributed by atoms with Gasteiger partial charge in [0.15, 0.2) is 11.5 Å². The molecular weight excluding hydrogens is 343 g/mol. The zero-order valence-corrected chi connectivity index (χ0v) is 13.9. The zero-order valence-electron chi connectivity index (χ0n) is 12.3. The first kappa shape index (κ1) is 14.9. The molecule has 24 heavy (non-hydrogen) atoms. The SMILES string of the molecule is NC(=S)c1ccc(-c2cccs2)n2nc(-c3ccccc3F)nc12. The smallest absolute Gasteiger partial charge is 0.185 e. The number of pyridine rings is 1. The van der Waals surface area contributed by atoms with Gasteiger partial charge in [-0.25, -0.2) is 13.9 Å². The van der Waals surface area contributed by atoms with Gasteiger partial charge in [0.1, 0.15) is 10.8 Å². The van der Waals surface area contributed by atoms with Crippen LogP contribution in [0.15, 0.2) is 53.9 Å². The summed E-state index contributed by atoms with van der Waals surface area (Å²) in [7, 11) is 0. The van der Waals surface area contributed by atoms with Gasteiger partial charge in [0.2, 0.25) is 0 Å². The van der Waals surface area contributed by atoms with Crippen molar-refractivity contribution in [2.45, 2.75) is 0 Å². The fourth-order valence-electron chi connectivity index (χ4n) is 2.52. The number of hydrogen-bond donors (Lipinski definition) is 1. The highest BCUT2D eigenvalue weighted by Gasteiger charge is 2.17. The van der Waals surface area contributed by atoms with E-state index in [9.17, 15) is 4.39 Å². The normalized spacial score (nSPS) is 11.0. The Morgan fingerprint density at radius 1 is 1.12 bits per heavy atom. The Balaban J connectivity index is 2.03. The van der Waals surface area contributed by atoms with Crippen LogP contribution in [0, 0.1) is 5.82 Å². The minimum atomic E-state index is -0.372. The third kappa shape index (κ3) is 2.38. The van der Waals surface area contributed by atoms with Crippen molar-refractivity contribution in [1.29, 1.82) is 0 Å². The van der Waals surface area contributed by atoms with Crippen molar-refractivity contribution < 1.29 is 4.39 Å². The molecule has 4 aromatic rings. The topological polar surface area (TPSA) is 56.2 Å². The summed E-state index contributed by atoms with van der Waals surface area (Å²) in [6.07, 6.45) is 0. The van der Waals surface area contributed by atoms with Crippen molar-refractivity contribution in [1.82, 2.24) is 14.6 Å². The van der Waals surface area contributed by atoms with E-state index in [1.165, 1.54) is 6.07 Å². The number of hydrogen-bond acceptors (Lipinski definition) is 4. The summed E-state index contributed by atoms with van der Waals surface area (Å²) in [4.78, 5) is 5.74. The molecule has 0 saturated heterocycles. The van der Waals surface area contributed by atoms with Gasteiger partial charge in [-0.1, -0.05) is 30.4 Å². The second kappa shape index (κ2) is 5.77. The molecule has 0 fully saturated rings. The van der Waals surface area contributed by atoms with Gasteiger partial charge < -0.3 is 5.73 Å². The van der Waals surface area contributed by atoms with Gasteiger partial charge >= 0.3 is 0 Å². The third-order valence-corrected chi connectivity index (χ3v) is 4.75. The van der Waals surface area contributed by atoms with E-state index < -0.39 is 0 Å². The number of thiocarbonyl (C=S) groups is 1. The van der Waals surface area contributed by atoms with Crippen LogP contribution in [0.5, 0.6) is 0 Å². The fraction of sp³-hybridized carbons (Fsp3) is 0. The molecule has 2 N–H and O–H groups in total. The second-order valence-corrected chi connectivity index (χ2v) is 6.51. The first-order chi connectivity index (χ1) is 11.6. The quantitative estimate of drug-likeness (QED) is 0.567. The standard InChI is InChI=1S/C17H11FN4S2/c18-12-5-2-1-4-10(12)16-20-17-11(15(19)23)7-8-13(22(17)21-16)14-6-3-9-24-14/h1-9H,(H2,19,23). The molecule has 0 aliphatic rings. The highest BCUT2D eigenvalue weighted by atomic mass is 32.1. The molecule has 0 spiro atoms. The molecular formula is C17H11FN4S2. The molecule has 4 rings (SSSR count). The lowest BCUT2D eigenvalue weighted by Gasteiger charge is -2.05. The van der Waals surface area contributed by atoms with E-state index in [1.54, 1.807) is 34.1 Å². The van der Waals surface area contributed by atoms with Crippen LogP contribution in [-0.4, -0.2) is 19.6 Å². The van der Waals surface area contributed by atoms with Crippen LogP contribution in [0.4, 0.5) is 4.39 Å². The van der Waals surface area contributed by atoms with E-state index in [0.717, 1.165) is 10.6 Å². The van der Waals surface area contributed by atoms with Crippen LogP contribution in [0.3, 0.4) is 0 Å². The predicted octanol–water partition coefficient (Wildman–Crippen LogP) is 3.90. The van der Waals surface area contributed by atoms with Crippen LogP contribution in [-0.2, 0) is 0 Å². The summed E-state index contributed by atoms with van der Waals surface area (Å²) in [5.74, 6) is -0.0717. The van der Waals surface area contributed by atoms with Crippen molar-refractivity contribution >= 4 is 34.2 Å². The first-order valence-corrected chi connectivity index (χ1v) is 8.42. The third-order valence-electron chi connectivity index (χ3n) is 3.64. The molecule has 0 radical (unpaired) electrons. The second-order valence-electron chi connectivity index (χ2n) is 5.12. The Labute approximate surface area is 146 Å². The van der Waals surface area contributed by atoms with Gasteiger partial charge in [0, 0.05) is 0 Å². The van der Waals surface area contributed by atoms with E-state index in [1.807, 2.05) is 29.6 Å². The predicted molar refractivity (Wildman–Crippen MR) is 97.6 cm³/mol. The van der Waals surface area contributed by atoms with Gasteiger partial charge in [-0.15, -0.1) is 16.4 Å². The molecule has 0 saturated carbocycles. The number of benzene rings is 1. The molecule has 1 aromatic carbocycles. The van der Waals surface area contributed by atoms with Crippen molar-refractivity contribution in [2.75, 3.05) is 0 Å². The van der Waals surface area contributed by atoms with Crippen LogP contribution in [0.1, 0.15) is 5.56 Å². The Morgan fingerprint density at radius 2 is 1.96 bits per heavy atom. The van der Waals surface area contributed by atoms with Gasteiger partial charge in [0.25, 0.3) is 0 Å². The molecule has 3 aromatic heterocycles. The van der Waals surface area contributed by atoms with Crippen molar-refractivity contribution in [3.63, 3.8) is 0 Å². The molecule has 0 bridgehead atoms. The Kier molecular flexibility index (Phi) is 3.59. The minimum Gasteiger partial charge on any atom is -0.389 e. The van der Waals surface area contributed by atoms with E-state index in [-0.39, 0.29) is 10.8 Å². The summed E-state index contributed by atoms with van der Waals surface area (Å²) in [6, 6.07) is 14.1. The lowest BCUT2D eigenvalue weighted by atomic mass is 10.2. The van der Waals surface area contributed by atoms with Crippen molar-refractivity contribution in [3.8, 4) is 22.0 Å². The summed E-state index contributed by atoms with van der Waals surface area (Å²) >= 11 is 6.70. The maximum Gasteiger partial charge on any atom is 0.185 e. The Hall–Kier alpha value is -2.64. The zero-order chi connectivity index (χ0) is 16.7. The monoisotopic (exact) mass is 354 g/mol. The molecule has 0 aliphatic carbocycles. The van der Waals surface area contributed by atoms with Gasteiger partial charge in [-0.05, 0) is 35.7 Å². The van der Waals surface area contributed by atoms with Gasteiger partial charge in [0.05, 0.1) is 21.7 Å². The Bertz CT molecular complexity index is 1050. The number of nitrogens with zero attached hydrogens (tertiary/aromatic N) is 3. The molecule has 0 atom stereocenters. The van der Waals surface area contributed by atoms with E-state index in [0.29, 0.717) is 22.6 Å². The maximum atomic E-state index is 14.1. The number of fused-ring (bicyclic) bond motifs is 1. The molecule has 7 heteroatoms. The summed E-state index contributed by atoms with van der Waals surface area (Å²) < 4.78 is 15.8. The molecule has 0 amide bonds. The Morgan fingerprint density at radius 3 is 2.67 bits per heavy atom. The lowest BCUT2D eigenvalue weighted by molar-refractivity contribution is 0.630. The molecule has 3 heterocycles. The maximum absolute atomic E-state index is 14.1. The van der Waals surface area contributed by atoms with Crippen molar-refractivity contribution in [2.24, 2.45) is 5.73 Å². The summed E-state index contributed by atoms with van der Waals surface area (Å²) in [5.41, 5.74) is 8.13. The molecule has 118 valence electrons. The highest BCUT2D eigenvalue weighted by molar-refractivity contribution is 7.80. The number of halogens is 1. The van der Waals surface area contributed by atoms with E-state index >= 15 is 0 Å². The van der Waals surface area contributed by atoms with Crippen LogP contribution >= 0.6 is 23.6 Å². The number of aromatic nitrogens is 3. The summed E-state index contributed by atoms with van der Waals surface area (Å²) in [6.45, 7) is 0. The molecule has 0 aliphatic heterocycles. The van der Waals surface area contributed by atoms with Crippen LogP contribution < -0.4 is 5.73 Å². The van der Waals surface area contributed by atoms with E-state index in [4.69, 9.17) is 18.0 Å². The number of rotatable bonds is 3. The molecule has 0 unspecified atom stereocenters. The van der Waals surface area contributed by atoms with Crippen molar-refractivity contribution in [3.05, 3.63) is 65.3 Å². The van der Waals surface area contributed by atoms with Crippen LogP contribution in [0.25, 0.3) is 27.6 Å². The molecule has 4 nitrogen and oxygen atoms in total. The number of nitrogens with two attached hydrogens (primary N) is 1. The minimum absolute atomic E-state index is 0.227. The van der Waals surface area contributed by atoms with Gasteiger partial charge in [-0.2, -0.15) is 0 Å².